The quantitative estimate of drug-likeness (QED) is 0.714. The fourth-order valence-electron chi connectivity index (χ4n) is 2.20. The maximum absolute atomic E-state index is 13.1. The molecule has 0 radical (unpaired) electrons. The summed E-state index contributed by atoms with van der Waals surface area (Å²) in [5, 5.41) is 0.921. The van der Waals surface area contributed by atoms with Crippen LogP contribution in [0.1, 0.15) is 20.3 Å². The molecule has 4 heteroatoms. The Morgan fingerprint density at radius 3 is 2.58 bits per heavy atom. The highest BCUT2D eigenvalue weighted by Gasteiger charge is 2.09. The molecule has 0 aliphatic rings. The number of ether oxygens (including phenoxy) is 2. The first-order valence-electron chi connectivity index (χ1n) is 6.72. The standard InChI is InChI=1S/C15H20FNO2/c1-3-18-15(19-4-2)8-10-17-9-7-12-11-13(16)5-6-14(12)17/h5-7,9,11,15H,3-4,8,10H2,1-2H3. The van der Waals surface area contributed by atoms with Crippen LogP contribution in [0.4, 0.5) is 4.39 Å². The number of nitrogens with zero attached hydrogens (tertiary/aromatic N) is 1. The van der Waals surface area contributed by atoms with Crippen molar-refractivity contribution in [1.82, 2.24) is 4.57 Å². The van der Waals surface area contributed by atoms with Gasteiger partial charge in [-0.05, 0) is 38.1 Å². The number of halogens is 1. The lowest BCUT2D eigenvalue weighted by Crippen LogP contribution is -2.19. The van der Waals surface area contributed by atoms with Gasteiger partial charge in [-0.25, -0.2) is 4.39 Å². The largest absolute Gasteiger partial charge is 0.353 e. The molecule has 2 aromatic rings. The average molecular weight is 265 g/mol. The van der Waals surface area contributed by atoms with Crippen molar-refractivity contribution in [3.05, 3.63) is 36.3 Å². The lowest BCUT2D eigenvalue weighted by Gasteiger charge is -2.17. The molecular formula is C15H20FNO2. The minimum atomic E-state index is -0.202. The van der Waals surface area contributed by atoms with Crippen molar-refractivity contribution in [2.24, 2.45) is 0 Å². The van der Waals surface area contributed by atoms with Crippen LogP contribution in [0.3, 0.4) is 0 Å². The lowest BCUT2D eigenvalue weighted by molar-refractivity contribution is -0.140. The summed E-state index contributed by atoms with van der Waals surface area (Å²) < 4.78 is 26.2. The van der Waals surface area contributed by atoms with E-state index in [2.05, 4.69) is 4.57 Å². The number of hydrogen-bond donors (Lipinski definition) is 0. The Morgan fingerprint density at radius 1 is 1.16 bits per heavy atom. The Hall–Kier alpha value is -1.39. The van der Waals surface area contributed by atoms with Crippen LogP contribution >= 0.6 is 0 Å². The van der Waals surface area contributed by atoms with Gasteiger partial charge in [-0.2, -0.15) is 0 Å². The summed E-state index contributed by atoms with van der Waals surface area (Å²) in [4.78, 5) is 0. The molecule has 0 atom stereocenters. The van der Waals surface area contributed by atoms with E-state index in [9.17, 15) is 4.39 Å². The van der Waals surface area contributed by atoms with Gasteiger partial charge in [0.05, 0.1) is 0 Å². The SMILES string of the molecule is CCOC(CCn1ccc2cc(F)ccc21)OCC. The molecule has 0 spiro atoms. The summed E-state index contributed by atoms with van der Waals surface area (Å²) in [5.41, 5.74) is 1.04. The van der Waals surface area contributed by atoms with E-state index in [1.54, 1.807) is 12.1 Å². The number of aryl methyl sites for hydroxylation is 1. The molecule has 0 aliphatic carbocycles. The molecule has 2 rings (SSSR count). The van der Waals surface area contributed by atoms with Crippen LogP contribution in [0, 0.1) is 5.82 Å². The van der Waals surface area contributed by atoms with E-state index in [1.165, 1.54) is 6.07 Å². The first kappa shape index (κ1) is 14.0. The third-order valence-corrected chi connectivity index (χ3v) is 3.04. The molecule has 0 saturated carbocycles. The van der Waals surface area contributed by atoms with Gasteiger partial charge in [-0.15, -0.1) is 0 Å². The lowest BCUT2D eigenvalue weighted by atomic mass is 10.2. The van der Waals surface area contributed by atoms with Gasteiger partial charge in [0, 0.05) is 43.3 Å². The molecule has 0 saturated heterocycles. The van der Waals surface area contributed by atoms with Crippen molar-refractivity contribution in [3.8, 4) is 0 Å². The van der Waals surface area contributed by atoms with Gasteiger partial charge >= 0.3 is 0 Å². The van der Waals surface area contributed by atoms with Crippen LogP contribution in [0.25, 0.3) is 10.9 Å². The molecule has 0 amide bonds. The highest BCUT2D eigenvalue weighted by Crippen LogP contribution is 2.18. The number of aromatic nitrogens is 1. The third-order valence-electron chi connectivity index (χ3n) is 3.04. The summed E-state index contributed by atoms with van der Waals surface area (Å²) in [6, 6.07) is 6.77. The van der Waals surface area contributed by atoms with Crippen molar-refractivity contribution in [2.75, 3.05) is 13.2 Å². The summed E-state index contributed by atoms with van der Waals surface area (Å²) >= 11 is 0. The Morgan fingerprint density at radius 2 is 1.89 bits per heavy atom. The summed E-state index contributed by atoms with van der Waals surface area (Å²) in [6.07, 6.45) is 2.58. The van der Waals surface area contributed by atoms with Gasteiger partial charge in [0.25, 0.3) is 0 Å². The molecule has 1 heterocycles. The van der Waals surface area contributed by atoms with Gasteiger partial charge in [0.2, 0.25) is 0 Å². The molecule has 0 bridgehead atoms. The number of benzene rings is 1. The van der Waals surface area contributed by atoms with Crippen LogP contribution in [0.15, 0.2) is 30.5 Å². The van der Waals surface area contributed by atoms with E-state index in [0.717, 1.165) is 23.9 Å². The van der Waals surface area contributed by atoms with E-state index in [0.29, 0.717) is 13.2 Å². The highest BCUT2D eigenvalue weighted by atomic mass is 19.1. The topological polar surface area (TPSA) is 23.4 Å². The molecule has 0 N–H and O–H groups in total. The van der Waals surface area contributed by atoms with Gasteiger partial charge in [0.15, 0.2) is 6.29 Å². The van der Waals surface area contributed by atoms with Crippen molar-refractivity contribution < 1.29 is 13.9 Å². The molecule has 1 aromatic carbocycles. The molecule has 1 aromatic heterocycles. The average Bonchev–Trinajstić information content (AvgIpc) is 2.78. The van der Waals surface area contributed by atoms with Crippen molar-refractivity contribution >= 4 is 10.9 Å². The molecular weight excluding hydrogens is 245 g/mol. The minimum absolute atomic E-state index is 0.173. The molecule has 19 heavy (non-hydrogen) atoms. The summed E-state index contributed by atoms with van der Waals surface area (Å²) in [6.45, 7) is 5.99. The molecule has 0 aliphatic heterocycles. The van der Waals surface area contributed by atoms with Gasteiger partial charge in [-0.1, -0.05) is 0 Å². The highest BCUT2D eigenvalue weighted by molar-refractivity contribution is 5.80. The Balaban J connectivity index is 2.04. The zero-order valence-electron chi connectivity index (χ0n) is 11.4. The van der Waals surface area contributed by atoms with Crippen molar-refractivity contribution in [1.29, 1.82) is 0 Å². The Bertz CT molecular complexity index is 518. The normalized spacial score (nSPS) is 11.6. The van der Waals surface area contributed by atoms with Gasteiger partial charge in [0.1, 0.15) is 5.82 Å². The minimum Gasteiger partial charge on any atom is -0.353 e. The zero-order chi connectivity index (χ0) is 13.7. The third kappa shape index (κ3) is 3.55. The van der Waals surface area contributed by atoms with E-state index in [-0.39, 0.29) is 12.1 Å². The van der Waals surface area contributed by atoms with E-state index in [1.807, 2.05) is 26.1 Å². The van der Waals surface area contributed by atoms with E-state index < -0.39 is 0 Å². The monoisotopic (exact) mass is 265 g/mol. The predicted molar refractivity (Wildman–Crippen MR) is 73.6 cm³/mol. The fourth-order valence-corrected chi connectivity index (χ4v) is 2.20. The number of rotatable bonds is 7. The first-order chi connectivity index (χ1) is 9.24. The van der Waals surface area contributed by atoms with Crippen molar-refractivity contribution in [2.45, 2.75) is 33.1 Å². The molecule has 3 nitrogen and oxygen atoms in total. The molecule has 0 fully saturated rings. The van der Waals surface area contributed by atoms with E-state index in [4.69, 9.17) is 9.47 Å². The first-order valence-corrected chi connectivity index (χ1v) is 6.72. The zero-order valence-corrected chi connectivity index (χ0v) is 11.4. The second-order valence-corrected chi connectivity index (χ2v) is 4.34. The van der Waals surface area contributed by atoms with Gasteiger partial charge in [-0.3, -0.25) is 0 Å². The Kier molecular flexibility index (Phi) is 4.93. The van der Waals surface area contributed by atoms with Crippen LogP contribution in [0.2, 0.25) is 0 Å². The van der Waals surface area contributed by atoms with Gasteiger partial charge < -0.3 is 14.0 Å². The van der Waals surface area contributed by atoms with Crippen LogP contribution in [-0.2, 0) is 16.0 Å². The summed E-state index contributed by atoms with van der Waals surface area (Å²) in [7, 11) is 0. The maximum Gasteiger partial charge on any atom is 0.159 e. The number of hydrogen-bond acceptors (Lipinski definition) is 2. The molecule has 104 valence electrons. The van der Waals surface area contributed by atoms with Crippen molar-refractivity contribution in [3.63, 3.8) is 0 Å². The van der Waals surface area contributed by atoms with Crippen LogP contribution in [0.5, 0.6) is 0 Å². The smallest absolute Gasteiger partial charge is 0.159 e. The van der Waals surface area contributed by atoms with Crippen LogP contribution < -0.4 is 0 Å². The van der Waals surface area contributed by atoms with Crippen LogP contribution in [-0.4, -0.2) is 24.1 Å². The predicted octanol–water partition coefficient (Wildman–Crippen LogP) is 3.57. The van der Waals surface area contributed by atoms with E-state index >= 15 is 0 Å². The number of fused-ring (bicyclic) bond motifs is 1. The second kappa shape index (κ2) is 6.68. The fraction of sp³-hybridized carbons (Fsp3) is 0.467. The Labute approximate surface area is 112 Å². The maximum atomic E-state index is 13.1. The second-order valence-electron chi connectivity index (χ2n) is 4.34. The summed E-state index contributed by atoms with van der Waals surface area (Å²) in [5.74, 6) is -0.202. The molecule has 0 unspecified atom stereocenters.